The minimum Gasteiger partial charge on any atom is -0.468 e. The van der Waals surface area contributed by atoms with Crippen molar-refractivity contribution in [1.29, 1.82) is 0 Å². The van der Waals surface area contributed by atoms with Crippen LogP contribution in [0.3, 0.4) is 0 Å². The molecule has 0 spiro atoms. The van der Waals surface area contributed by atoms with Crippen LogP contribution >= 0.6 is 0 Å². The van der Waals surface area contributed by atoms with Gasteiger partial charge in [0, 0.05) is 6.42 Å². The molecule has 0 aromatic heterocycles. The summed E-state index contributed by atoms with van der Waals surface area (Å²) in [5.74, 6) is -1.28. The van der Waals surface area contributed by atoms with Crippen LogP contribution in [0.25, 0.3) is 0 Å². The Hall–Kier alpha value is -1.84. The van der Waals surface area contributed by atoms with Crippen molar-refractivity contribution < 1.29 is 19.1 Å². The number of hydrogen-bond donors (Lipinski definition) is 0. The summed E-state index contributed by atoms with van der Waals surface area (Å²) in [5.41, 5.74) is -0.0500. The Kier molecular flexibility index (Phi) is 3.32. The zero-order chi connectivity index (χ0) is 12.3. The fourth-order valence-electron chi connectivity index (χ4n) is 1.77. The zero-order valence-electron chi connectivity index (χ0n) is 9.41. The van der Waals surface area contributed by atoms with Gasteiger partial charge >= 0.3 is 11.9 Å². The van der Waals surface area contributed by atoms with Crippen molar-refractivity contribution in [3.8, 4) is 0 Å². The van der Waals surface area contributed by atoms with Crippen LogP contribution in [0.4, 0.5) is 0 Å². The molecular formula is C12H14O4. The molecule has 86 valence electrons. The summed E-state index contributed by atoms with van der Waals surface area (Å²) >= 11 is 0. The number of rotatable bonds is 3. The summed E-state index contributed by atoms with van der Waals surface area (Å²) in [6.45, 7) is 7.38. The maximum absolute atomic E-state index is 11.7. The van der Waals surface area contributed by atoms with Crippen LogP contribution < -0.4 is 0 Å². The lowest BCUT2D eigenvalue weighted by atomic mass is 9.87. The molecule has 0 amide bonds. The molecular weight excluding hydrogens is 208 g/mol. The lowest BCUT2D eigenvalue weighted by Gasteiger charge is -2.20. The molecule has 0 atom stereocenters. The maximum atomic E-state index is 11.7. The van der Waals surface area contributed by atoms with E-state index in [0.717, 1.165) is 0 Å². The third-order valence-corrected chi connectivity index (χ3v) is 2.62. The van der Waals surface area contributed by atoms with Crippen LogP contribution in [0.1, 0.15) is 6.42 Å². The molecule has 0 radical (unpaired) electrons. The number of carbonyl (C=O) groups is 2. The number of allylic oxidation sites excluding steroid dienone is 3. The monoisotopic (exact) mass is 222 g/mol. The number of esters is 2. The van der Waals surface area contributed by atoms with Crippen molar-refractivity contribution in [3.63, 3.8) is 0 Å². The molecule has 1 aliphatic carbocycles. The molecule has 1 rings (SSSR count). The van der Waals surface area contributed by atoms with Gasteiger partial charge in [0.1, 0.15) is 0 Å². The van der Waals surface area contributed by atoms with E-state index in [-0.39, 0.29) is 6.42 Å². The Morgan fingerprint density at radius 3 is 2.19 bits per heavy atom. The predicted molar refractivity (Wildman–Crippen MR) is 58.5 cm³/mol. The summed E-state index contributed by atoms with van der Waals surface area (Å²) in [6, 6.07) is 0. The first-order valence-electron chi connectivity index (χ1n) is 4.72. The molecule has 0 aromatic carbocycles. The highest BCUT2D eigenvalue weighted by atomic mass is 16.5. The van der Waals surface area contributed by atoms with Gasteiger partial charge in [-0.05, 0) is 17.2 Å². The van der Waals surface area contributed by atoms with Crippen LogP contribution in [0.15, 0.2) is 36.5 Å². The lowest BCUT2D eigenvalue weighted by Crippen LogP contribution is -2.38. The highest BCUT2D eigenvalue weighted by Gasteiger charge is 2.50. The first kappa shape index (κ1) is 12.2. The molecule has 0 bridgehead atoms. The minimum atomic E-state index is -1.40. The second-order valence-electron chi connectivity index (χ2n) is 3.54. The standard InChI is InChI=1S/C12H14O4/c1-5-9-7-12(6-8(9)2,10(13)15-3)11(14)16-4/h5,7H,1-2,6H2,3-4H3. The smallest absolute Gasteiger partial charge is 0.327 e. The Morgan fingerprint density at radius 2 is 1.88 bits per heavy atom. The average Bonchev–Trinajstić information content (AvgIpc) is 2.65. The Labute approximate surface area is 94.2 Å². The molecule has 0 saturated carbocycles. The van der Waals surface area contributed by atoms with Gasteiger partial charge in [-0.1, -0.05) is 19.2 Å². The van der Waals surface area contributed by atoms with Gasteiger partial charge in [0.15, 0.2) is 5.41 Å². The molecule has 0 saturated heterocycles. The lowest BCUT2D eigenvalue weighted by molar-refractivity contribution is -0.164. The third-order valence-electron chi connectivity index (χ3n) is 2.62. The van der Waals surface area contributed by atoms with Gasteiger partial charge in [-0.3, -0.25) is 9.59 Å². The second kappa shape index (κ2) is 4.35. The van der Waals surface area contributed by atoms with Crippen LogP contribution in [0.2, 0.25) is 0 Å². The molecule has 0 aliphatic heterocycles. The van der Waals surface area contributed by atoms with Gasteiger partial charge in [0.05, 0.1) is 14.2 Å². The van der Waals surface area contributed by atoms with Gasteiger partial charge in [-0.15, -0.1) is 0 Å². The van der Waals surface area contributed by atoms with E-state index in [1.807, 2.05) is 0 Å². The Bertz CT molecular complexity index is 374. The zero-order valence-corrected chi connectivity index (χ0v) is 9.41. The summed E-state index contributed by atoms with van der Waals surface area (Å²) in [7, 11) is 2.46. The number of ether oxygens (including phenoxy) is 2. The van der Waals surface area contributed by atoms with E-state index in [0.29, 0.717) is 11.1 Å². The van der Waals surface area contributed by atoms with E-state index in [1.54, 1.807) is 6.08 Å². The van der Waals surface area contributed by atoms with E-state index in [1.165, 1.54) is 20.3 Å². The SMILES string of the molecule is C=CC1=CC(C(=O)OC)(C(=O)OC)CC1=C. The topological polar surface area (TPSA) is 52.6 Å². The third kappa shape index (κ3) is 1.66. The van der Waals surface area contributed by atoms with Crippen molar-refractivity contribution in [2.75, 3.05) is 14.2 Å². The van der Waals surface area contributed by atoms with Crippen LogP contribution in [-0.2, 0) is 19.1 Å². The Morgan fingerprint density at radius 1 is 1.38 bits per heavy atom. The highest BCUT2D eigenvalue weighted by Crippen LogP contribution is 2.41. The van der Waals surface area contributed by atoms with E-state index in [4.69, 9.17) is 0 Å². The largest absolute Gasteiger partial charge is 0.468 e. The van der Waals surface area contributed by atoms with Gasteiger partial charge in [0.25, 0.3) is 0 Å². The van der Waals surface area contributed by atoms with Crippen molar-refractivity contribution in [2.45, 2.75) is 6.42 Å². The molecule has 0 aromatic rings. The quantitative estimate of drug-likeness (QED) is 0.535. The van der Waals surface area contributed by atoms with E-state index in [9.17, 15) is 9.59 Å². The minimum absolute atomic E-state index is 0.174. The van der Waals surface area contributed by atoms with Gasteiger partial charge in [0.2, 0.25) is 0 Å². The molecule has 1 aliphatic rings. The predicted octanol–water partition coefficient (Wildman–Crippen LogP) is 1.39. The van der Waals surface area contributed by atoms with Crippen molar-refractivity contribution in [1.82, 2.24) is 0 Å². The molecule has 0 fully saturated rings. The number of carbonyl (C=O) groups excluding carboxylic acids is 2. The molecule has 4 nitrogen and oxygen atoms in total. The second-order valence-corrected chi connectivity index (χ2v) is 3.54. The van der Waals surface area contributed by atoms with Crippen LogP contribution in [-0.4, -0.2) is 26.2 Å². The molecule has 0 heterocycles. The summed E-state index contributed by atoms with van der Waals surface area (Å²) in [6.07, 6.45) is 3.23. The number of methoxy groups -OCH3 is 2. The van der Waals surface area contributed by atoms with Crippen molar-refractivity contribution in [3.05, 3.63) is 36.5 Å². The molecule has 0 N–H and O–H groups in total. The summed E-state index contributed by atoms with van der Waals surface area (Å²) < 4.78 is 9.28. The fraction of sp³-hybridized carbons (Fsp3) is 0.333. The highest BCUT2D eigenvalue weighted by molar-refractivity contribution is 6.04. The molecule has 0 unspecified atom stereocenters. The van der Waals surface area contributed by atoms with Crippen molar-refractivity contribution in [2.24, 2.45) is 5.41 Å². The van der Waals surface area contributed by atoms with Crippen LogP contribution in [0, 0.1) is 5.41 Å². The molecule has 16 heavy (non-hydrogen) atoms. The van der Waals surface area contributed by atoms with E-state index < -0.39 is 17.4 Å². The van der Waals surface area contributed by atoms with Gasteiger partial charge in [-0.25, -0.2) is 0 Å². The maximum Gasteiger partial charge on any atom is 0.327 e. The molecule has 4 heteroatoms. The van der Waals surface area contributed by atoms with E-state index >= 15 is 0 Å². The van der Waals surface area contributed by atoms with Gasteiger partial charge < -0.3 is 9.47 Å². The number of hydrogen-bond acceptors (Lipinski definition) is 4. The average molecular weight is 222 g/mol. The first-order valence-corrected chi connectivity index (χ1v) is 4.72. The summed E-state index contributed by atoms with van der Waals surface area (Å²) in [5, 5.41) is 0. The van der Waals surface area contributed by atoms with Crippen molar-refractivity contribution >= 4 is 11.9 Å². The van der Waals surface area contributed by atoms with Crippen LogP contribution in [0.5, 0.6) is 0 Å². The van der Waals surface area contributed by atoms with E-state index in [2.05, 4.69) is 22.6 Å². The normalized spacial score (nSPS) is 17.6. The summed E-state index contributed by atoms with van der Waals surface area (Å²) in [4.78, 5) is 23.4. The Balaban J connectivity index is 3.24. The van der Waals surface area contributed by atoms with Gasteiger partial charge in [-0.2, -0.15) is 0 Å². The first-order chi connectivity index (χ1) is 7.51. The fourth-order valence-corrected chi connectivity index (χ4v) is 1.77.